The third-order valence-corrected chi connectivity index (χ3v) is 4.57. The van der Waals surface area contributed by atoms with Crippen LogP contribution in [0.2, 0.25) is 0 Å². The molecule has 1 unspecified atom stereocenters. The molecule has 1 atom stereocenters. The Labute approximate surface area is 127 Å². The van der Waals surface area contributed by atoms with E-state index in [2.05, 4.69) is 75.5 Å². The highest BCUT2D eigenvalue weighted by Gasteiger charge is 2.08. The summed E-state index contributed by atoms with van der Waals surface area (Å²) in [5.41, 5.74) is 2.66. The molecule has 0 fully saturated rings. The van der Waals surface area contributed by atoms with E-state index in [1.165, 1.54) is 21.9 Å². The molecule has 0 amide bonds. The molecule has 0 bridgehead atoms. The average molecular weight is 326 g/mol. The summed E-state index contributed by atoms with van der Waals surface area (Å²) in [6.45, 7) is 0. The summed E-state index contributed by atoms with van der Waals surface area (Å²) in [5, 5.41) is 2.53. The van der Waals surface area contributed by atoms with E-state index in [0.717, 1.165) is 12.8 Å². The maximum atomic E-state index is 4.35. The van der Waals surface area contributed by atoms with Gasteiger partial charge in [0.25, 0.3) is 0 Å². The molecule has 0 aliphatic heterocycles. The van der Waals surface area contributed by atoms with Gasteiger partial charge in [-0.2, -0.15) is 0 Å². The lowest BCUT2D eigenvalue weighted by Crippen LogP contribution is -1.95. The number of aryl methyl sites for hydroxylation is 1. The molecule has 3 aromatic rings. The van der Waals surface area contributed by atoms with Crippen LogP contribution in [-0.4, -0.2) is 4.98 Å². The van der Waals surface area contributed by atoms with Gasteiger partial charge in [0.1, 0.15) is 0 Å². The molecule has 20 heavy (non-hydrogen) atoms. The Morgan fingerprint density at radius 3 is 2.50 bits per heavy atom. The van der Waals surface area contributed by atoms with Gasteiger partial charge in [0, 0.05) is 22.6 Å². The van der Waals surface area contributed by atoms with Gasteiger partial charge in [0.05, 0.1) is 0 Å². The summed E-state index contributed by atoms with van der Waals surface area (Å²) in [6.07, 6.45) is 6.02. The number of nitrogens with zero attached hydrogens (tertiary/aromatic N) is 1. The van der Waals surface area contributed by atoms with Crippen molar-refractivity contribution >= 4 is 26.7 Å². The number of fused-ring (bicyclic) bond motifs is 1. The molecule has 3 rings (SSSR count). The van der Waals surface area contributed by atoms with Crippen LogP contribution in [0.3, 0.4) is 0 Å². The summed E-state index contributed by atoms with van der Waals surface area (Å²) in [6, 6.07) is 19.0. The third kappa shape index (κ3) is 2.91. The SMILES string of the molecule is BrC(CCc1cncc2ccccc12)c1ccccc1. The second-order valence-corrected chi connectivity index (χ2v) is 6.04. The second-order valence-electron chi connectivity index (χ2n) is 4.94. The number of pyridine rings is 1. The van der Waals surface area contributed by atoms with Crippen molar-refractivity contribution in [3.05, 3.63) is 78.1 Å². The Hall–Kier alpha value is -1.67. The number of rotatable bonds is 4. The Morgan fingerprint density at radius 1 is 0.900 bits per heavy atom. The lowest BCUT2D eigenvalue weighted by atomic mass is 10.0. The third-order valence-electron chi connectivity index (χ3n) is 3.58. The molecule has 0 aliphatic carbocycles. The Bertz CT molecular complexity index is 689. The van der Waals surface area contributed by atoms with Gasteiger partial charge in [-0.3, -0.25) is 4.98 Å². The molecule has 0 N–H and O–H groups in total. The van der Waals surface area contributed by atoms with Crippen molar-refractivity contribution in [1.82, 2.24) is 4.98 Å². The fourth-order valence-electron chi connectivity index (χ4n) is 2.49. The minimum atomic E-state index is 0.391. The van der Waals surface area contributed by atoms with E-state index in [4.69, 9.17) is 0 Å². The van der Waals surface area contributed by atoms with Crippen LogP contribution in [0.25, 0.3) is 10.8 Å². The molecule has 0 radical (unpaired) electrons. The van der Waals surface area contributed by atoms with Gasteiger partial charge in [-0.05, 0) is 29.4 Å². The van der Waals surface area contributed by atoms with E-state index in [1.807, 2.05) is 12.4 Å². The van der Waals surface area contributed by atoms with Crippen LogP contribution in [0.15, 0.2) is 67.0 Å². The Kier molecular flexibility index (Phi) is 4.12. The molecule has 0 spiro atoms. The Morgan fingerprint density at radius 2 is 1.65 bits per heavy atom. The number of benzene rings is 2. The molecule has 0 aliphatic rings. The number of alkyl halides is 1. The largest absolute Gasteiger partial charge is 0.264 e. The van der Waals surface area contributed by atoms with Crippen LogP contribution in [0.4, 0.5) is 0 Å². The van der Waals surface area contributed by atoms with Crippen molar-refractivity contribution in [1.29, 1.82) is 0 Å². The van der Waals surface area contributed by atoms with Gasteiger partial charge in [-0.15, -0.1) is 0 Å². The summed E-state index contributed by atoms with van der Waals surface area (Å²) >= 11 is 3.79. The van der Waals surface area contributed by atoms with Gasteiger partial charge in [-0.1, -0.05) is 70.5 Å². The zero-order valence-electron chi connectivity index (χ0n) is 11.2. The number of halogens is 1. The van der Waals surface area contributed by atoms with Crippen molar-refractivity contribution in [3.8, 4) is 0 Å². The van der Waals surface area contributed by atoms with Crippen LogP contribution in [0, 0.1) is 0 Å². The molecule has 2 heteroatoms. The summed E-state index contributed by atoms with van der Waals surface area (Å²) < 4.78 is 0. The summed E-state index contributed by atoms with van der Waals surface area (Å²) in [4.78, 5) is 4.74. The zero-order valence-corrected chi connectivity index (χ0v) is 12.8. The predicted molar refractivity (Wildman–Crippen MR) is 88.2 cm³/mol. The maximum absolute atomic E-state index is 4.35. The highest BCUT2D eigenvalue weighted by atomic mass is 79.9. The first-order chi connectivity index (χ1) is 9.84. The minimum absolute atomic E-state index is 0.391. The van der Waals surface area contributed by atoms with Crippen molar-refractivity contribution < 1.29 is 0 Å². The lowest BCUT2D eigenvalue weighted by molar-refractivity contribution is 0.815. The molecular weight excluding hydrogens is 310 g/mol. The molecular formula is C18H16BrN. The van der Waals surface area contributed by atoms with E-state index < -0.39 is 0 Å². The van der Waals surface area contributed by atoms with Crippen molar-refractivity contribution in [2.24, 2.45) is 0 Å². The number of aromatic nitrogens is 1. The molecule has 100 valence electrons. The monoisotopic (exact) mass is 325 g/mol. The molecule has 1 aromatic heterocycles. The average Bonchev–Trinajstić information content (AvgIpc) is 2.53. The van der Waals surface area contributed by atoms with Gasteiger partial charge in [0.15, 0.2) is 0 Å². The number of hydrogen-bond acceptors (Lipinski definition) is 1. The highest BCUT2D eigenvalue weighted by Crippen LogP contribution is 2.29. The van der Waals surface area contributed by atoms with Gasteiger partial charge >= 0.3 is 0 Å². The van der Waals surface area contributed by atoms with E-state index in [-0.39, 0.29) is 0 Å². The lowest BCUT2D eigenvalue weighted by Gasteiger charge is -2.11. The summed E-state index contributed by atoms with van der Waals surface area (Å²) in [7, 11) is 0. The van der Waals surface area contributed by atoms with Crippen molar-refractivity contribution in [3.63, 3.8) is 0 Å². The smallest absolute Gasteiger partial charge is 0.0398 e. The van der Waals surface area contributed by atoms with Crippen molar-refractivity contribution in [2.45, 2.75) is 17.7 Å². The van der Waals surface area contributed by atoms with Crippen molar-refractivity contribution in [2.75, 3.05) is 0 Å². The van der Waals surface area contributed by atoms with Gasteiger partial charge in [-0.25, -0.2) is 0 Å². The van der Waals surface area contributed by atoms with Gasteiger partial charge < -0.3 is 0 Å². The molecule has 0 saturated heterocycles. The standard InChI is InChI=1S/C18H16BrN/c19-18(14-6-2-1-3-7-14)11-10-16-13-20-12-15-8-4-5-9-17(15)16/h1-9,12-13,18H,10-11H2. The topological polar surface area (TPSA) is 12.9 Å². The van der Waals surface area contributed by atoms with E-state index in [9.17, 15) is 0 Å². The molecule has 1 heterocycles. The number of hydrogen-bond donors (Lipinski definition) is 0. The quantitative estimate of drug-likeness (QED) is 0.593. The Balaban J connectivity index is 1.77. The highest BCUT2D eigenvalue weighted by molar-refractivity contribution is 9.09. The minimum Gasteiger partial charge on any atom is -0.264 e. The van der Waals surface area contributed by atoms with Crippen LogP contribution in [0.1, 0.15) is 22.4 Å². The fraction of sp³-hybridized carbons (Fsp3) is 0.167. The fourth-order valence-corrected chi connectivity index (χ4v) is 3.02. The predicted octanol–water partition coefficient (Wildman–Crippen LogP) is 5.30. The van der Waals surface area contributed by atoms with E-state index >= 15 is 0 Å². The van der Waals surface area contributed by atoms with Gasteiger partial charge in [0.2, 0.25) is 0 Å². The first-order valence-corrected chi connectivity index (χ1v) is 7.77. The molecule has 0 saturated carbocycles. The normalized spacial score (nSPS) is 12.4. The van der Waals surface area contributed by atoms with Crippen LogP contribution in [0.5, 0.6) is 0 Å². The zero-order chi connectivity index (χ0) is 13.8. The molecule has 1 nitrogen and oxygen atoms in total. The van der Waals surface area contributed by atoms with E-state index in [1.54, 1.807) is 0 Å². The first-order valence-electron chi connectivity index (χ1n) is 6.85. The molecule has 2 aromatic carbocycles. The van der Waals surface area contributed by atoms with Crippen LogP contribution in [-0.2, 0) is 6.42 Å². The maximum Gasteiger partial charge on any atom is 0.0398 e. The van der Waals surface area contributed by atoms with Crippen LogP contribution < -0.4 is 0 Å². The van der Waals surface area contributed by atoms with Crippen LogP contribution >= 0.6 is 15.9 Å². The summed E-state index contributed by atoms with van der Waals surface area (Å²) in [5.74, 6) is 0. The second kappa shape index (κ2) is 6.19. The van der Waals surface area contributed by atoms with E-state index in [0.29, 0.717) is 4.83 Å². The first kappa shape index (κ1) is 13.3.